The maximum Gasteiger partial charge on any atom is 0.0921 e. The Balaban J connectivity index is 1.64. The van der Waals surface area contributed by atoms with Crippen LogP contribution >= 0.6 is 0 Å². The summed E-state index contributed by atoms with van der Waals surface area (Å²) in [6, 6.07) is 1.38. The van der Waals surface area contributed by atoms with Gasteiger partial charge in [0.15, 0.2) is 0 Å². The van der Waals surface area contributed by atoms with Crippen molar-refractivity contribution in [3.8, 4) is 0 Å². The van der Waals surface area contributed by atoms with E-state index in [1.54, 1.807) is 6.33 Å². The standard InChI is InChI=1S/C13H22N4/c1-17-8-12(5-11-7-14-9-16-11)15-6-10-3-2-4-13(10)17/h7,9-10,12-13,15H,2-6,8H2,1H3,(H,14,16)/t10?,12-,13?/m0/s1. The van der Waals surface area contributed by atoms with E-state index in [9.17, 15) is 0 Å². The fraction of sp³-hybridized carbons (Fsp3) is 0.769. The molecule has 0 amide bonds. The molecule has 4 heteroatoms. The average molecular weight is 234 g/mol. The number of H-pyrrole nitrogens is 1. The minimum absolute atomic E-state index is 0.561. The molecule has 2 unspecified atom stereocenters. The lowest BCUT2D eigenvalue weighted by Crippen LogP contribution is -2.39. The Morgan fingerprint density at radius 2 is 2.41 bits per heavy atom. The zero-order chi connectivity index (χ0) is 11.7. The predicted molar refractivity (Wildman–Crippen MR) is 67.8 cm³/mol. The molecule has 1 saturated heterocycles. The van der Waals surface area contributed by atoms with Crippen LogP contribution in [-0.4, -0.2) is 47.1 Å². The van der Waals surface area contributed by atoms with E-state index in [2.05, 4.69) is 27.2 Å². The molecule has 0 aromatic carbocycles. The number of nitrogens with zero attached hydrogens (tertiary/aromatic N) is 2. The minimum atomic E-state index is 0.561. The van der Waals surface area contributed by atoms with Crippen LogP contribution in [0.25, 0.3) is 0 Å². The van der Waals surface area contributed by atoms with Gasteiger partial charge in [0.1, 0.15) is 0 Å². The van der Waals surface area contributed by atoms with Crippen molar-refractivity contribution in [1.82, 2.24) is 20.2 Å². The summed E-state index contributed by atoms with van der Waals surface area (Å²) in [4.78, 5) is 9.86. The Kier molecular flexibility index (Phi) is 3.16. The second kappa shape index (κ2) is 4.78. The fourth-order valence-corrected chi connectivity index (χ4v) is 3.50. The van der Waals surface area contributed by atoms with Crippen LogP contribution in [0.2, 0.25) is 0 Å². The molecule has 17 heavy (non-hydrogen) atoms. The monoisotopic (exact) mass is 234 g/mol. The number of likely N-dealkylation sites (N-methyl/N-ethyl adjacent to an activating group) is 1. The number of nitrogens with one attached hydrogen (secondary N) is 2. The van der Waals surface area contributed by atoms with Gasteiger partial charge in [-0.15, -0.1) is 0 Å². The third kappa shape index (κ3) is 2.38. The minimum Gasteiger partial charge on any atom is -0.348 e. The van der Waals surface area contributed by atoms with Crippen LogP contribution in [0.5, 0.6) is 0 Å². The van der Waals surface area contributed by atoms with Crippen molar-refractivity contribution in [3.63, 3.8) is 0 Å². The third-order valence-corrected chi connectivity index (χ3v) is 4.38. The molecule has 1 saturated carbocycles. The first kappa shape index (κ1) is 11.2. The average Bonchev–Trinajstić information content (AvgIpc) is 2.93. The van der Waals surface area contributed by atoms with Gasteiger partial charge in [-0.25, -0.2) is 4.98 Å². The summed E-state index contributed by atoms with van der Waals surface area (Å²) in [5.74, 6) is 0.867. The van der Waals surface area contributed by atoms with Gasteiger partial charge in [-0.2, -0.15) is 0 Å². The first-order valence-electron chi connectivity index (χ1n) is 6.74. The van der Waals surface area contributed by atoms with Crippen LogP contribution in [0.15, 0.2) is 12.5 Å². The first-order chi connectivity index (χ1) is 8.33. The highest BCUT2D eigenvalue weighted by atomic mass is 15.2. The van der Waals surface area contributed by atoms with Gasteiger partial charge in [0.05, 0.1) is 6.33 Å². The van der Waals surface area contributed by atoms with Crippen LogP contribution in [0, 0.1) is 5.92 Å². The lowest BCUT2D eigenvalue weighted by Gasteiger charge is -2.27. The number of imidazole rings is 1. The smallest absolute Gasteiger partial charge is 0.0921 e. The Hall–Kier alpha value is -0.870. The molecule has 0 spiro atoms. The van der Waals surface area contributed by atoms with E-state index < -0.39 is 0 Å². The van der Waals surface area contributed by atoms with Crippen LogP contribution in [-0.2, 0) is 6.42 Å². The zero-order valence-electron chi connectivity index (χ0n) is 10.5. The van der Waals surface area contributed by atoms with Crippen LogP contribution in [0.3, 0.4) is 0 Å². The quantitative estimate of drug-likeness (QED) is 0.803. The van der Waals surface area contributed by atoms with E-state index in [-0.39, 0.29) is 0 Å². The molecule has 2 aliphatic rings. The number of hydrogen-bond acceptors (Lipinski definition) is 3. The number of aromatic amines is 1. The molecule has 2 heterocycles. The second-order valence-electron chi connectivity index (χ2n) is 5.58. The number of fused-ring (bicyclic) bond motifs is 1. The molecule has 0 bridgehead atoms. The molecule has 4 nitrogen and oxygen atoms in total. The molecule has 2 fully saturated rings. The van der Waals surface area contributed by atoms with Crippen molar-refractivity contribution in [3.05, 3.63) is 18.2 Å². The topological polar surface area (TPSA) is 44.0 Å². The van der Waals surface area contributed by atoms with E-state index in [0.717, 1.165) is 24.9 Å². The highest BCUT2D eigenvalue weighted by Gasteiger charge is 2.34. The van der Waals surface area contributed by atoms with Crippen molar-refractivity contribution in [2.75, 3.05) is 20.1 Å². The molecule has 1 aromatic heterocycles. The van der Waals surface area contributed by atoms with Crippen LogP contribution in [0.4, 0.5) is 0 Å². The highest BCUT2D eigenvalue weighted by Crippen LogP contribution is 2.30. The van der Waals surface area contributed by atoms with Crippen molar-refractivity contribution in [2.24, 2.45) is 5.92 Å². The second-order valence-corrected chi connectivity index (χ2v) is 5.58. The van der Waals surface area contributed by atoms with Gasteiger partial charge in [0, 0.05) is 36.9 Å². The molecule has 1 aromatic rings. The van der Waals surface area contributed by atoms with E-state index in [0.29, 0.717) is 6.04 Å². The van der Waals surface area contributed by atoms with Crippen LogP contribution < -0.4 is 5.32 Å². The summed E-state index contributed by atoms with van der Waals surface area (Å²) in [5, 5.41) is 3.73. The van der Waals surface area contributed by atoms with Gasteiger partial charge >= 0.3 is 0 Å². The van der Waals surface area contributed by atoms with Crippen molar-refractivity contribution in [2.45, 2.75) is 37.8 Å². The molecular formula is C13H22N4. The fourth-order valence-electron chi connectivity index (χ4n) is 3.50. The van der Waals surface area contributed by atoms with Gasteiger partial charge < -0.3 is 15.2 Å². The van der Waals surface area contributed by atoms with Gasteiger partial charge in [0.25, 0.3) is 0 Å². The summed E-state index contributed by atoms with van der Waals surface area (Å²) >= 11 is 0. The molecule has 1 aliphatic heterocycles. The number of rotatable bonds is 2. The molecule has 2 N–H and O–H groups in total. The highest BCUT2D eigenvalue weighted by molar-refractivity contribution is 5.00. The SMILES string of the molecule is CN1C[C@H](Cc2cnc[nH]2)NCC2CCCC21. The van der Waals surface area contributed by atoms with Crippen molar-refractivity contribution >= 4 is 0 Å². The lowest BCUT2D eigenvalue weighted by molar-refractivity contribution is 0.213. The maximum absolute atomic E-state index is 4.09. The summed E-state index contributed by atoms with van der Waals surface area (Å²) in [6.07, 6.45) is 8.96. The van der Waals surface area contributed by atoms with Gasteiger partial charge in [-0.1, -0.05) is 6.42 Å². The number of hydrogen-bond donors (Lipinski definition) is 2. The van der Waals surface area contributed by atoms with Crippen LogP contribution in [0.1, 0.15) is 25.0 Å². The molecule has 3 rings (SSSR count). The zero-order valence-corrected chi connectivity index (χ0v) is 10.5. The molecule has 3 atom stereocenters. The first-order valence-corrected chi connectivity index (χ1v) is 6.74. The Bertz CT molecular complexity index is 348. The Labute approximate surface area is 103 Å². The summed E-state index contributed by atoms with van der Waals surface area (Å²) in [5.41, 5.74) is 1.24. The molecule has 94 valence electrons. The molecular weight excluding hydrogens is 212 g/mol. The van der Waals surface area contributed by atoms with E-state index in [4.69, 9.17) is 0 Å². The van der Waals surface area contributed by atoms with E-state index in [1.165, 1.54) is 31.5 Å². The van der Waals surface area contributed by atoms with Crippen molar-refractivity contribution < 1.29 is 0 Å². The Morgan fingerprint density at radius 3 is 3.24 bits per heavy atom. The number of aromatic nitrogens is 2. The predicted octanol–water partition coefficient (Wildman–Crippen LogP) is 1.02. The lowest BCUT2D eigenvalue weighted by atomic mass is 10.0. The van der Waals surface area contributed by atoms with E-state index in [1.807, 2.05) is 6.20 Å². The largest absolute Gasteiger partial charge is 0.348 e. The molecule has 0 radical (unpaired) electrons. The van der Waals surface area contributed by atoms with Gasteiger partial charge in [0.2, 0.25) is 0 Å². The maximum atomic E-state index is 4.09. The Morgan fingerprint density at radius 1 is 1.47 bits per heavy atom. The summed E-state index contributed by atoms with van der Waals surface area (Å²) < 4.78 is 0. The van der Waals surface area contributed by atoms with E-state index >= 15 is 0 Å². The molecule has 1 aliphatic carbocycles. The summed E-state index contributed by atoms with van der Waals surface area (Å²) in [7, 11) is 2.29. The van der Waals surface area contributed by atoms with Gasteiger partial charge in [-0.05, 0) is 32.4 Å². The van der Waals surface area contributed by atoms with Gasteiger partial charge in [-0.3, -0.25) is 0 Å². The summed E-state index contributed by atoms with van der Waals surface area (Å²) in [6.45, 7) is 2.34. The third-order valence-electron chi connectivity index (χ3n) is 4.38. The van der Waals surface area contributed by atoms with Crippen molar-refractivity contribution in [1.29, 1.82) is 0 Å². The normalized spacial score (nSPS) is 34.5.